The van der Waals surface area contributed by atoms with Crippen LogP contribution in [0.2, 0.25) is 5.02 Å². The van der Waals surface area contributed by atoms with Crippen molar-refractivity contribution in [1.82, 2.24) is 5.32 Å². The van der Waals surface area contributed by atoms with Crippen LogP contribution in [0.25, 0.3) is 0 Å². The van der Waals surface area contributed by atoms with E-state index in [2.05, 4.69) is 10.6 Å². The topological polar surface area (TPSA) is 41.1 Å². The Balaban J connectivity index is 1.95. The minimum atomic E-state index is -4.49. The standard InChI is InChI=1S/C14H16ClF3N2O/c15-11-5-10(14(16,17)18)6-12(7-11)20-13(21)2-1-9-3-4-19-8-9/h5-7,9,19H,1-4,8H2,(H,20,21). The van der Waals surface area contributed by atoms with Gasteiger partial charge in [-0.3, -0.25) is 4.79 Å². The van der Waals surface area contributed by atoms with Crippen molar-refractivity contribution in [2.45, 2.75) is 25.4 Å². The van der Waals surface area contributed by atoms with E-state index in [0.717, 1.165) is 38.1 Å². The Morgan fingerprint density at radius 3 is 2.76 bits per heavy atom. The van der Waals surface area contributed by atoms with Crippen molar-refractivity contribution in [3.63, 3.8) is 0 Å². The highest BCUT2D eigenvalue weighted by molar-refractivity contribution is 6.31. The summed E-state index contributed by atoms with van der Waals surface area (Å²) in [6.07, 6.45) is -2.44. The lowest BCUT2D eigenvalue weighted by Gasteiger charge is -2.12. The summed E-state index contributed by atoms with van der Waals surface area (Å²) in [6, 6.07) is 3.04. The average molecular weight is 321 g/mol. The van der Waals surface area contributed by atoms with Crippen molar-refractivity contribution in [3.05, 3.63) is 28.8 Å². The zero-order chi connectivity index (χ0) is 15.5. The highest BCUT2D eigenvalue weighted by Crippen LogP contribution is 2.33. The van der Waals surface area contributed by atoms with E-state index in [1.165, 1.54) is 6.07 Å². The molecule has 1 aromatic rings. The third-order valence-electron chi connectivity index (χ3n) is 3.45. The molecule has 1 aliphatic heterocycles. The lowest BCUT2D eigenvalue weighted by Crippen LogP contribution is -2.15. The van der Waals surface area contributed by atoms with Crippen LogP contribution < -0.4 is 10.6 Å². The Hall–Kier alpha value is -1.27. The van der Waals surface area contributed by atoms with Crippen molar-refractivity contribution in [3.8, 4) is 0 Å². The third-order valence-corrected chi connectivity index (χ3v) is 3.67. The minimum absolute atomic E-state index is 0.0554. The van der Waals surface area contributed by atoms with Gasteiger partial charge in [-0.25, -0.2) is 0 Å². The summed E-state index contributed by atoms with van der Waals surface area (Å²) in [5.41, 5.74) is -0.797. The summed E-state index contributed by atoms with van der Waals surface area (Å²) in [6.45, 7) is 1.85. The fourth-order valence-electron chi connectivity index (χ4n) is 2.35. The first kappa shape index (κ1) is 16.1. The first-order valence-electron chi connectivity index (χ1n) is 6.73. The molecule has 1 unspecified atom stereocenters. The van der Waals surface area contributed by atoms with E-state index in [4.69, 9.17) is 11.6 Å². The summed E-state index contributed by atoms with van der Waals surface area (Å²) < 4.78 is 38.0. The molecule has 2 rings (SSSR count). The smallest absolute Gasteiger partial charge is 0.326 e. The summed E-state index contributed by atoms with van der Waals surface area (Å²) in [4.78, 5) is 11.8. The molecule has 116 valence electrons. The Morgan fingerprint density at radius 1 is 1.38 bits per heavy atom. The van der Waals surface area contributed by atoms with E-state index in [1.54, 1.807) is 0 Å². The van der Waals surface area contributed by atoms with Crippen LogP contribution in [0.4, 0.5) is 18.9 Å². The molecule has 0 aliphatic carbocycles. The number of rotatable bonds is 4. The van der Waals surface area contributed by atoms with Gasteiger partial charge in [0, 0.05) is 17.1 Å². The summed E-state index contributed by atoms with van der Waals surface area (Å²) in [5, 5.41) is 5.62. The van der Waals surface area contributed by atoms with Crippen molar-refractivity contribution < 1.29 is 18.0 Å². The zero-order valence-corrected chi connectivity index (χ0v) is 12.0. The van der Waals surface area contributed by atoms with Gasteiger partial charge in [0.1, 0.15) is 0 Å². The van der Waals surface area contributed by atoms with E-state index in [1.807, 2.05) is 0 Å². The molecular formula is C14H16ClF3N2O. The minimum Gasteiger partial charge on any atom is -0.326 e. The Kier molecular flexibility index (Phi) is 5.11. The largest absolute Gasteiger partial charge is 0.416 e. The van der Waals surface area contributed by atoms with Crippen LogP contribution in [-0.4, -0.2) is 19.0 Å². The first-order valence-corrected chi connectivity index (χ1v) is 7.11. The fourth-order valence-corrected chi connectivity index (χ4v) is 2.58. The van der Waals surface area contributed by atoms with Crippen LogP contribution >= 0.6 is 11.6 Å². The molecular weight excluding hydrogens is 305 g/mol. The number of nitrogens with one attached hydrogen (secondary N) is 2. The molecule has 0 aromatic heterocycles. The SMILES string of the molecule is O=C(CCC1CCNC1)Nc1cc(Cl)cc(C(F)(F)F)c1. The van der Waals surface area contributed by atoms with Gasteiger partial charge >= 0.3 is 6.18 Å². The molecule has 0 radical (unpaired) electrons. The van der Waals surface area contributed by atoms with Crippen LogP contribution in [0.15, 0.2) is 18.2 Å². The Bertz CT molecular complexity index is 513. The molecule has 1 aromatic carbocycles. The molecule has 1 fully saturated rings. The molecule has 2 N–H and O–H groups in total. The highest BCUT2D eigenvalue weighted by atomic mass is 35.5. The average Bonchev–Trinajstić information content (AvgIpc) is 2.87. The molecule has 1 heterocycles. The molecule has 1 aliphatic rings. The van der Waals surface area contributed by atoms with Crippen molar-refractivity contribution in [1.29, 1.82) is 0 Å². The number of halogens is 4. The number of amides is 1. The van der Waals surface area contributed by atoms with Crippen molar-refractivity contribution >= 4 is 23.2 Å². The molecule has 1 saturated heterocycles. The van der Waals surface area contributed by atoms with Gasteiger partial charge in [-0.15, -0.1) is 0 Å². The normalized spacial score (nSPS) is 18.8. The molecule has 3 nitrogen and oxygen atoms in total. The lowest BCUT2D eigenvalue weighted by atomic mass is 10.0. The maximum absolute atomic E-state index is 12.7. The van der Waals surface area contributed by atoms with E-state index < -0.39 is 11.7 Å². The molecule has 1 amide bonds. The number of carbonyl (C=O) groups is 1. The first-order chi connectivity index (χ1) is 9.84. The molecule has 1 atom stereocenters. The second kappa shape index (κ2) is 6.66. The van der Waals surface area contributed by atoms with Crippen LogP contribution in [-0.2, 0) is 11.0 Å². The van der Waals surface area contributed by atoms with Gasteiger partial charge in [0.25, 0.3) is 0 Å². The molecule has 0 saturated carbocycles. The van der Waals surface area contributed by atoms with Crippen LogP contribution in [0.5, 0.6) is 0 Å². The summed E-state index contributed by atoms with van der Waals surface area (Å²) >= 11 is 5.66. The van der Waals surface area contributed by atoms with E-state index >= 15 is 0 Å². The number of anilines is 1. The number of alkyl halides is 3. The van der Waals surface area contributed by atoms with E-state index in [9.17, 15) is 18.0 Å². The van der Waals surface area contributed by atoms with E-state index in [-0.39, 0.29) is 16.6 Å². The van der Waals surface area contributed by atoms with Crippen LogP contribution in [0, 0.1) is 5.92 Å². The second-order valence-corrected chi connectivity index (χ2v) is 5.61. The monoisotopic (exact) mass is 320 g/mol. The van der Waals surface area contributed by atoms with Crippen molar-refractivity contribution in [2.24, 2.45) is 5.92 Å². The van der Waals surface area contributed by atoms with Gasteiger partial charge in [0.15, 0.2) is 0 Å². The quantitative estimate of drug-likeness (QED) is 0.888. The summed E-state index contributed by atoms with van der Waals surface area (Å²) in [5.74, 6) is 0.165. The number of benzene rings is 1. The van der Waals surface area contributed by atoms with Gasteiger partial charge in [0.2, 0.25) is 5.91 Å². The predicted octanol–water partition coefficient (Wildman–Crippen LogP) is 3.69. The number of hydrogen-bond acceptors (Lipinski definition) is 2. The van der Waals surface area contributed by atoms with Gasteiger partial charge in [-0.2, -0.15) is 13.2 Å². The van der Waals surface area contributed by atoms with Crippen molar-refractivity contribution in [2.75, 3.05) is 18.4 Å². The maximum atomic E-state index is 12.7. The number of carbonyl (C=O) groups excluding carboxylic acids is 1. The van der Waals surface area contributed by atoms with Gasteiger partial charge in [0.05, 0.1) is 5.56 Å². The van der Waals surface area contributed by atoms with Gasteiger partial charge < -0.3 is 10.6 Å². The fraction of sp³-hybridized carbons (Fsp3) is 0.500. The zero-order valence-electron chi connectivity index (χ0n) is 11.3. The Morgan fingerprint density at radius 2 is 2.14 bits per heavy atom. The molecule has 21 heavy (non-hydrogen) atoms. The van der Waals surface area contributed by atoms with E-state index in [0.29, 0.717) is 12.3 Å². The molecule has 0 spiro atoms. The van der Waals surface area contributed by atoms with Gasteiger partial charge in [-0.1, -0.05) is 11.6 Å². The number of hydrogen-bond donors (Lipinski definition) is 2. The highest BCUT2D eigenvalue weighted by Gasteiger charge is 2.31. The van der Waals surface area contributed by atoms with Gasteiger partial charge in [-0.05, 0) is 50.0 Å². The lowest BCUT2D eigenvalue weighted by molar-refractivity contribution is -0.137. The maximum Gasteiger partial charge on any atom is 0.416 e. The second-order valence-electron chi connectivity index (χ2n) is 5.17. The third kappa shape index (κ3) is 4.89. The molecule has 0 bridgehead atoms. The predicted molar refractivity (Wildman–Crippen MR) is 75.3 cm³/mol. The molecule has 7 heteroatoms. The van der Waals surface area contributed by atoms with Crippen LogP contribution in [0.3, 0.4) is 0 Å². The van der Waals surface area contributed by atoms with Crippen LogP contribution in [0.1, 0.15) is 24.8 Å². The Labute approximate surface area is 125 Å². The summed E-state index contributed by atoms with van der Waals surface area (Å²) in [7, 11) is 0.